The molecule has 100 valence electrons. The lowest BCUT2D eigenvalue weighted by Gasteiger charge is -2.08. The van der Waals surface area contributed by atoms with Crippen molar-refractivity contribution in [1.82, 2.24) is 0 Å². The van der Waals surface area contributed by atoms with Crippen molar-refractivity contribution in [2.75, 3.05) is 12.4 Å². The molecule has 1 aromatic carbocycles. The fourth-order valence-corrected chi connectivity index (χ4v) is 3.22. The number of alkyl halides is 1. The maximum atomic E-state index is 12.6. The van der Waals surface area contributed by atoms with Gasteiger partial charge in [0, 0.05) is 16.0 Å². The summed E-state index contributed by atoms with van der Waals surface area (Å²) < 4.78 is 21.1. The predicted octanol–water partition coefficient (Wildman–Crippen LogP) is 3.58. The SMILES string of the molecule is CCOC(=O)N=S(=O)(CC)c1cccc(CBr)c1. The molecule has 18 heavy (non-hydrogen) atoms. The number of hydrogen-bond acceptors (Lipinski definition) is 3. The van der Waals surface area contributed by atoms with Crippen molar-refractivity contribution in [2.24, 2.45) is 4.36 Å². The van der Waals surface area contributed by atoms with E-state index < -0.39 is 15.8 Å². The maximum absolute atomic E-state index is 12.6. The summed E-state index contributed by atoms with van der Waals surface area (Å²) in [5.74, 6) is 0.275. The molecule has 0 saturated heterocycles. The van der Waals surface area contributed by atoms with Crippen molar-refractivity contribution in [3.63, 3.8) is 0 Å². The smallest absolute Gasteiger partial charge is 0.442 e. The molecule has 6 heteroatoms. The van der Waals surface area contributed by atoms with Crippen molar-refractivity contribution in [3.8, 4) is 0 Å². The Labute approximate surface area is 116 Å². The van der Waals surface area contributed by atoms with Gasteiger partial charge in [-0.05, 0) is 24.6 Å². The van der Waals surface area contributed by atoms with Gasteiger partial charge in [-0.3, -0.25) is 0 Å². The minimum absolute atomic E-state index is 0.225. The summed E-state index contributed by atoms with van der Waals surface area (Å²) in [4.78, 5) is 11.9. The summed E-state index contributed by atoms with van der Waals surface area (Å²) in [6.07, 6.45) is -0.770. The Morgan fingerprint density at radius 2 is 2.17 bits per heavy atom. The molecule has 4 nitrogen and oxygen atoms in total. The zero-order chi connectivity index (χ0) is 13.6. The van der Waals surface area contributed by atoms with Crippen LogP contribution in [-0.4, -0.2) is 22.7 Å². The molecule has 0 aromatic heterocycles. The van der Waals surface area contributed by atoms with Crippen LogP contribution in [0.15, 0.2) is 33.5 Å². The van der Waals surface area contributed by atoms with Gasteiger partial charge in [0.15, 0.2) is 0 Å². The lowest BCUT2D eigenvalue weighted by Crippen LogP contribution is -2.09. The summed E-state index contributed by atoms with van der Waals surface area (Å²) in [5.41, 5.74) is 0.993. The third-order valence-electron chi connectivity index (χ3n) is 2.30. The van der Waals surface area contributed by atoms with Crippen LogP contribution >= 0.6 is 15.9 Å². The number of nitrogens with zero attached hydrogens (tertiary/aromatic N) is 1. The molecule has 0 heterocycles. The molecule has 0 N–H and O–H groups in total. The molecule has 1 amide bonds. The highest BCUT2D eigenvalue weighted by atomic mass is 79.9. The van der Waals surface area contributed by atoms with Crippen LogP contribution in [0.3, 0.4) is 0 Å². The second kappa shape index (κ2) is 6.89. The van der Waals surface area contributed by atoms with E-state index in [4.69, 9.17) is 4.74 Å². The van der Waals surface area contributed by atoms with E-state index in [-0.39, 0.29) is 12.4 Å². The van der Waals surface area contributed by atoms with Crippen LogP contribution in [0, 0.1) is 0 Å². The van der Waals surface area contributed by atoms with Crippen LogP contribution in [0.5, 0.6) is 0 Å². The zero-order valence-electron chi connectivity index (χ0n) is 10.4. The number of rotatable bonds is 4. The highest BCUT2D eigenvalue weighted by Gasteiger charge is 2.14. The van der Waals surface area contributed by atoms with Crippen LogP contribution < -0.4 is 0 Å². The third kappa shape index (κ3) is 3.81. The van der Waals surface area contributed by atoms with Gasteiger partial charge in [0.2, 0.25) is 0 Å². The van der Waals surface area contributed by atoms with E-state index in [9.17, 15) is 9.00 Å². The molecule has 0 aliphatic carbocycles. The fraction of sp³-hybridized carbons (Fsp3) is 0.417. The van der Waals surface area contributed by atoms with E-state index in [1.54, 1.807) is 26.0 Å². The zero-order valence-corrected chi connectivity index (χ0v) is 12.8. The number of halogens is 1. The molecule has 1 unspecified atom stereocenters. The number of amides is 1. The molecule has 0 fully saturated rings. The quantitative estimate of drug-likeness (QED) is 0.791. The molecule has 1 aromatic rings. The standard InChI is InChI=1S/C12H16BrNO3S/c1-3-17-12(15)14-18(16,4-2)11-7-5-6-10(8-11)9-13/h5-8H,3-4,9H2,1-2H3. The number of carbonyl (C=O) groups excluding carboxylic acids is 1. The van der Waals surface area contributed by atoms with E-state index in [1.807, 2.05) is 12.1 Å². The van der Waals surface area contributed by atoms with Gasteiger partial charge in [0.25, 0.3) is 0 Å². The second-order valence-electron chi connectivity index (χ2n) is 3.50. The molecule has 0 aliphatic heterocycles. The summed E-state index contributed by atoms with van der Waals surface area (Å²) in [5, 5.41) is 0.666. The minimum atomic E-state index is -2.73. The Morgan fingerprint density at radius 1 is 1.44 bits per heavy atom. The molecular weight excluding hydrogens is 318 g/mol. The lowest BCUT2D eigenvalue weighted by molar-refractivity contribution is 0.164. The van der Waals surface area contributed by atoms with Gasteiger partial charge in [0.05, 0.1) is 16.3 Å². The molecule has 1 atom stereocenters. The van der Waals surface area contributed by atoms with Gasteiger partial charge in [0.1, 0.15) is 0 Å². The molecule has 0 aliphatic rings. The monoisotopic (exact) mass is 333 g/mol. The van der Waals surface area contributed by atoms with Crippen LogP contribution in [0.4, 0.5) is 4.79 Å². The van der Waals surface area contributed by atoms with Crippen LogP contribution in [0.25, 0.3) is 0 Å². The third-order valence-corrected chi connectivity index (χ3v) is 5.17. The van der Waals surface area contributed by atoms with Crippen molar-refractivity contribution in [3.05, 3.63) is 29.8 Å². The van der Waals surface area contributed by atoms with E-state index >= 15 is 0 Å². The van der Waals surface area contributed by atoms with E-state index in [2.05, 4.69) is 20.3 Å². The number of hydrogen-bond donors (Lipinski definition) is 0. The first-order chi connectivity index (χ1) is 8.55. The van der Waals surface area contributed by atoms with Crippen molar-refractivity contribution < 1.29 is 13.7 Å². The first-order valence-electron chi connectivity index (χ1n) is 5.62. The number of ether oxygens (including phenoxy) is 1. The molecule has 0 radical (unpaired) electrons. The fourth-order valence-electron chi connectivity index (χ4n) is 1.38. The van der Waals surface area contributed by atoms with E-state index in [0.717, 1.165) is 5.56 Å². The molecule has 0 bridgehead atoms. The number of benzene rings is 1. The van der Waals surface area contributed by atoms with Gasteiger partial charge in [-0.2, -0.15) is 0 Å². The highest BCUT2D eigenvalue weighted by Crippen LogP contribution is 2.18. The van der Waals surface area contributed by atoms with Gasteiger partial charge in [-0.25, -0.2) is 9.00 Å². The molecule has 0 saturated carbocycles. The molecular formula is C12H16BrNO3S. The van der Waals surface area contributed by atoms with Crippen LogP contribution in [0.2, 0.25) is 0 Å². The summed E-state index contributed by atoms with van der Waals surface area (Å²) >= 11 is 3.34. The second-order valence-corrected chi connectivity index (χ2v) is 6.57. The van der Waals surface area contributed by atoms with Crippen molar-refractivity contribution in [2.45, 2.75) is 24.1 Å². The van der Waals surface area contributed by atoms with Gasteiger partial charge in [-0.1, -0.05) is 35.0 Å². The summed E-state index contributed by atoms with van der Waals surface area (Å²) in [6, 6.07) is 7.24. The molecule has 1 rings (SSSR count). The summed E-state index contributed by atoms with van der Waals surface area (Å²) in [7, 11) is -2.73. The largest absolute Gasteiger partial charge is 0.448 e. The minimum Gasteiger partial charge on any atom is -0.448 e. The number of carbonyl (C=O) groups is 1. The average Bonchev–Trinajstić information content (AvgIpc) is 2.39. The lowest BCUT2D eigenvalue weighted by atomic mass is 10.2. The Morgan fingerprint density at radius 3 is 2.72 bits per heavy atom. The Bertz CT molecular complexity index is 536. The Balaban J connectivity index is 3.22. The van der Waals surface area contributed by atoms with Gasteiger partial charge in [-0.15, -0.1) is 4.36 Å². The first kappa shape index (κ1) is 15.2. The normalized spacial score (nSPS) is 13.7. The Kier molecular flexibility index (Phi) is 5.81. The van der Waals surface area contributed by atoms with Crippen LogP contribution in [-0.2, 0) is 19.8 Å². The van der Waals surface area contributed by atoms with Crippen LogP contribution in [0.1, 0.15) is 19.4 Å². The van der Waals surface area contributed by atoms with Gasteiger partial charge < -0.3 is 4.74 Å². The maximum Gasteiger partial charge on any atom is 0.442 e. The van der Waals surface area contributed by atoms with Crippen molar-refractivity contribution in [1.29, 1.82) is 0 Å². The first-order valence-corrected chi connectivity index (χ1v) is 8.42. The average molecular weight is 334 g/mol. The van der Waals surface area contributed by atoms with E-state index in [1.165, 1.54) is 0 Å². The Hall–Kier alpha value is -0.880. The van der Waals surface area contributed by atoms with Crippen molar-refractivity contribution >= 4 is 31.8 Å². The van der Waals surface area contributed by atoms with E-state index in [0.29, 0.717) is 10.2 Å². The topological polar surface area (TPSA) is 55.7 Å². The molecule has 0 spiro atoms. The highest BCUT2D eigenvalue weighted by molar-refractivity contribution is 9.08. The summed E-state index contributed by atoms with van der Waals surface area (Å²) in [6.45, 7) is 3.65. The predicted molar refractivity (Wildman–Crippen MR) is 75.5 cm³/mol. The van der Waals surface area contributed by atoms with Gasteiger partial charge >= 0.3 is 6.09 Å².